The summed E-state index contributed by atoms with van der Waals surface area (Å²) in [5.74, 6) is 2.24. The number of aromatic nitrogens is 1. The number of ether oxygens (including phenoxy) is 2. The zero-order chi connectivity index (χ0) is 22.0. The Morgan fingerprint density at radius 1 is 0.968 bits per heavy atom. The molecule has 0 spiro atoms. The summed E-state index contributed by atoms with van der Waals surface area (Å²) < 4.78 is 17.5. The number of hydrogen-bond acceptors (Lipinski definition) is 5. The number of nitrogens with zero attached hydrogens (tertiary/aromatic N) is 2. The van der Waals surface area contributed by atoms with Gasteiger partial charge in [-0.3, -0.25) is 0 Å². The van der Waals surface area contributed by atoms with Gasteiger partial charge in [0.2, 0.25) is 5.88 Å². The zero-order valence-corrected chi connectivity index (χ0v) is 18.7. The molecule has 1 aliphatic rings. The molecule has 3 aromatic rings. The molecule has 0 fully saturated rings. The first kappa shape index (κ1) is 20.8. The van der Waals surface area contributed by atoms with Gasteiger partial charge in [-0.15, -0.1) is 0 Å². The molecule has 1 unspecified atom stereocenters. The molecule has 4 rings (SSSR count). The summed E-state index contributed by atoms with van der Waals surface area (Å²) in [7, 11) is 1.68. The predicted octanol–water partition coefficient (Wildman–Crippen LogP) is 6.15. The highest BCUT2D eigenvalue weighted by Crippen LogP contribution is 2.35. The number of rotatable bonds is 6. The van der Waals surface area contributed by atoms with Gasteiger partial charge in [-0.2, -0.15) is 0 Å². The second kappa shape index (κ2) is 8.72. The van der Waals surface area contributed by atoms with Gasteiger partial charge in [-0.1, -0.05) is 59.8 Å². The van der Waals surface area contributed by atoms with Gasteiger partial charge in [0.05, 0.1) is 18.8 Å². The van der Waals surface area contributed by atoms with E-state index < -0.39 is 0 Å². The lowest BCUT2D eigenvalue weighted by atomic mass is 10.0. The Morgan fingerprint density at radius 2 is 1.65 bits per heavy atom. The van der Waals surface area contributed by atoms with Crippen molar-refractivity contribution in [3.8, 4) is 11.1 Å². The Balaban J connectivity index is 1.51. The highest BCUT2D eigenvalue weighted by molar-refractivity contribution is 5.63. The lowest BCUT2D eigenvalue weighted by Gasteiger charge is -2.34. The van der Waals surface area contributed by atoms with Crippen LogP contribution in [0.4, 0.5) is 5.88 Å². The van der Waals surface area contributed by atoms with Crippen LogP contribution in [0.2, 0.25) is 0 Å². The van der Waals surface area contributed by atoms with Crippen LogP contribution in [0.3, 0.4) is 0 Å². The Labute approximate surface area is 183 Å². The molecule has 0 N–H and O–H groups in total. The number of anilines is 1. The molecule has 5 nitrogen and oxygen atoms in total. The van der Waals surface area contributed by atoms with Crippen LogP contribution >= 0.6 is 0 Å². The molecule has 0 radical (unpaired) electrons. The van der Waals surface area contributed by atoms with Crippen molar-refractivity contribution in [1.82, 2.24) is 5.16 Å². The minimum Gasteiger partial charge on any atom is -0.495 e. The molecule has 1 aliphatic heterocycles. The van der Waals surface area contributed by atoms with Crippen LogP contribution in [0.1, 0.15) is 30.7 Å². The van der Waals surface area contributed by atoms with E-state index in [4.69, 9.17) is 14.0 Å². The van der Waals surface area contributed by atoms with Crippen LogP contribution in [-0.4, -0.2) is 18.3 Å². The molecular formula is C26H28N2O3. The summed E-state index contributed by atoms with van der Waals surface area (Å²) in [5, 5.41) is 4.10. The van der Waals surface area contributed by atoms with E-state index >= 15 is 0 Å². The monoisotopic (exact) mass is 416 g/mol. The molecule has 5 heteroatoms. The second-order valence-electron chi connectivity index (χ2n) is 7.81. The molecule has 160 valence electrons. The van der Waals surface area contributed by atoms with Crippen LogP contribution in [0, 0.1) is 13.8 Å². The summed E-state index contributed by atoms with van der Waals surface area (Å²) >= 11 is 0. The van der Waals surface area contributed by atoms with Crippen molar-refractivity contribution in [2.24, 2.45) is 0 Å². The van der Waals surface area contributed by atoms with Gasteiger partial charge in [-0.05, 0) is 44.4 Å². The van der Waals surface area contributed by atoms with Crippen molar-refractivity contribution in [1.29, 1.82) is 0 Å². The van der Waals surface area contributed by atoms with Crippen LogP contribution in [0.25, 0.3) is 11.1 Å². The topological polar surface area (TPSA) is 47.7 Å². The van der Waals surface area contributed by atoms with E-state index in [2.05, 4.69) is 65.5 Å². The first-order chi connectivity index (χ1) is 15.0. The van der Waals surface area contributed by atoms with Crippen molar-refractivity contribution in [3.05, 3.63) is 94.7 Å². The first-order valence-electron chi connectivity index (χ1n) is 10.4. The third-order valence-electron chi connectivity index (χ3n) is 5.76. The summed E-state index contributed by atoms with van der Waals surface area (Å²) in [6.07, 6.45) is 1.99. The van der Waals surface area contributed by atoms with Crippen molar-refractivity contribution in [2.75, 3.05) is 12.0 Å². The lowest BCUT2D eigenvalue weighted by Crippen LogP contribution is -2.37. The van der Waals surface area contributed by atoms with Crippen LogP contribution in [-0.2, 0) is 16.1 Å². The third kappa shape index (κ3) is 4.08. The van der Waals surface area contributed by atoms with Crippen LogP contribution in [0.5, 0.6) is 0 Å². The van der Waals surface area contributed by atoms with E-state index in [1.54, 1.807) is 7.11 Å². The van der Waals surface area contributed by atoms with Crippen molar-refractivity contribution in [3.63, 3.8) is 0 Å². The van der Waals surface area contributed by atoms with Gasteiger partial charge < -0.3 is 18.9 Å². The number of allylic oxidation sites excluding steroid dienone is 2. The molecule has 1 atom stereocenters. The number of aryl methyl sites for hydroxylation is 1. The smallest absolute Gasteiger partial charge is 0.235 e. The van der Waals surface area contributed by atoms with Gasteiger partial charge in [0.25, 0.3) is 0 Å². The molecule has 2 aromatic carbocycles. The second-order valence-corrected chi connectivity index (χ2v) is 7.81. The molecule has 0 saturated carbocycles. The molecule has 0 aliphatic carbocycles. The van der Waals surface area contributed by atoms with E-state index in [-0.39, 0.29) is 6.04 Å². The quantitative estimate of drug-likeness (QED) is 0.483. The van der Waals surface area contributed by atoms with Crippen LogP contribution in [0.15, 0.2) is 82.4 Å². The Kier molecular flexibility index (Phi) is 5.85. The number of hydrogen-bond donors (Lipinski definition) is 0. The first-order valence-corrected chi connectivity index (χ1v) is 10.4. The van der Waals surface area contributed by atoms with E-state index in [1.807, 2.05) is 32.9 Å². The Hall–Kier alpha value is -3.47. The molecule has 31 heavy (non-hydrogen) atoms. The average Bonchev–Trinajstić information content (AvgIpc) is 3.11. The van der Waals surface area contributed by atoms with Gasteiger partial charge in [0.1, 0.15) is 6.61 Å². The van der Waals surface area contributed by atoms with E-state index in [1.165, 1.54) is 11.1 Å². The van der Waals surface area contributed by atoms with Gasteiger partial charge in [0, 0.05) is 17.3 Å². The van der Waals surface area contributed by atoms with Crippen LogP contribution < -0.4 is 4.90 Å². The lowest BCUT2D eigenvalue weighted by molar-refractivity contribution is 0.165. The van der Waals surface area contributed by atoms with Gasteiger partial charge in [-0.25, -0.2) is 0 Å². The molecular weight excluding hydrogens is 388 g/mol. The number of methoxy groups -OCH3 is 1. The predicted molar refractivity (Wildman–Crippen MR) is 122 cm³/mol. The summed E-state index contributed by atoms with van der Waals surface area (Å²) in [6, 6.07) is 18.7. The maximum atomic E-state index is 6.18. The SMILES string of the molecule is COC1=C(OCc2ccc(-c3ccccc3)cc2)C=C(C)N(c2onc(C)c2C)C1C. The summed E-state index contributed by atoms with van der Waals surface area (Å²) in [4.78, 5) is 2.09. The fraction of sp³-hybridized carbons (Fsp3) is 0.269. The normalized spacial score (nSPS) is 16.4. The van der Waals surface area contributed by atoms with Crippen molar-refractivity contribution < 1.29 is 14.0 Å². The largest absolute Gasteiger partial charge is 0.495 e. The third-order valence-corrected chi connectivity index (χ3v) is 5.76. The maximum Gasteiger partial charge on any atom is 0.235 e. The Morgan fingerprint density at radius 3 is 2.26 bits per heavy atom. The molecule has 0 bridgehead atoms. The van der Waals surface area contributed by atoms with Crippen molar-refractivity contribution in [2.45, 2.75) is 40.3 Å². The fourth-order valence-corrected chi connectivity index (χ4v) is 3.89. The standard InChI is InChI=1S/C26H28N2O3/c1-17-15-24(25(29-5)20(4)28(17)26-18(2)19(3)27-31-26)30-16-21-11-13-23(14-12-21)22-9-7-6-8-10-22/h6-15,20H,16H2,1-5H3. The van der Waals surface area contributed by atoms with Gasteiger partial charge in [0.15, 0.2) is 11.5 Å². The molecule has 0 saturated heterocycles. The minimum absolute atomic E-state index is 0.0727. The van der Waals surface area contributed by atoms with E-state index in [0.29, 0.717) is 6.61 Å². The minimum atomic E-state index is -0.0727. The molecule has 2 heterocycles. The van der Waals surface area contributed by atoms with E-state index in [0.717, 1.165) is 39.9 Å². The fourth-order valence-electron chi connectivity index (χ4n) is 3.89. The number of benzene rings is 2. The zero-order valence-electron chi connectivity index (χ0n) is 18.7. The highest BCUT2D eigenvalue weighted by atomic mass is 16.5. The Bertz CT molecular complexity index is 1110. The average molecular weight is 417 g/mol. The van der Waals surface area contributed by atoms with Gasteiger partial charge >= 0.3 is 0 Å². The van der Waals surface area contributed by atoms with Crippen molar-refractivity contribution >= 4 is 5.88 Å². The highest BCUT2D eigenvalue weighted by Gasteiger charge is 2.32. The molecule has 1 aromatic heterocycles. The molecule has 0 amide bonds. The summed E-state index contributed by atoms with van der Waals surface area (Å²) in [6.45, 7) is 8.54. The summed E-state index contributed by atoms with van der Waals surface area (Å²) in [5.41, 5.74) is 6.43. The maximum absolute atomic E-state index is 6.18. The van der Waals surface area contributed by atoms with E-state index in [9.17, 15) is 0 Å².